The van der Waals surface area contributed by atoms with Crippen LogP contribution in [0.25, 0.3) is 0 Å². The van der Waals surface area contributed by atoms with Gasteiger partial charge in [0.1, 0.15) is 5.82 Å². The monoisotopic (exact) mass is 237 g/mol. The number of likely N-dealkylation sites (N-methyl/N-ethyl adjacent to an activating group) is 1. The molecule has 1 aliphatic carbocycles. The zero-order chi connectivity index (χ0) is 12.4. The minimum absolute atomic E-state index is 0.0470. The van der Waals surface area contributed by atoms with E-state index in [0.717, 1.165) is 19.0 Å². The van der Waals surface area contributed by atoms with Gasteiger partial charge in [-0.2, -0.15) is 0 Å². The summed E-state index contributed by atoms with van der Waals surface area (Å²) in [5, 5.41) is 0. The van der Waals surface area contributed by atoms with Crippen LogP contribution >= 0.6 is 0 Å². The van der Waals surface area contributed by atoms with Gasteiger partial charge in [0.25, 0.3) is 5.91 Å². The van der Waals surface area contributed by atoms with Crippen molar-refractivity contribution in [2.24, 2.45) is 11.7 Å². The first-order chi connectivity index (χ1) is 8.13. The first kappa shape index (κ1) is 12.0. The molecule has 0 saturated heterocycles. The summed E-state index contributed by atoms with van der Waals surface area (Å²) < 4.78 is 13.0. The maximum Gasteiger partial charge on any atom is 0.255 e. The van der Waals surface area contributed by atoms with Crippen LogP contribution in [0.1, 0.15) is 23.2 Å². The van der Waals surface area contributed by atoms with Crippen LogP contribution < -0.4 is 5.73 Å². The first-order valence-corrected chi connectivity index (χ1v) is 5.71. The van der Waals surface area contributed by atoms with Crippen molar-refractivity contribution in [1.82, 2.24) is 9.88 Å². The summed E-state index contributed by atoms with van der Waals surface area (Å²) in [6.07, 6.45) is 4.68. The summed E-state index contributed by atoms with van der Waals surface area (Å²) in [6, 6.07) is 1.25. The Labute approximate surface area is 99.6 Å². The van der Waals surface area contributed by atoms with E-state index in [9.17, 15) is 9.18 Å². The number of pyridine rings is 1. The fourth-order valence-electron chi connectivity index (χ4n) is 2.03. The van der Waals surface area contributed by atoms with Crippen LogP contribution in [0, 0.1) is 11.7 Å². The number of halogens is 1. The molecule has 1 unspecified atom stereocenters. The number of nitrogens with zero attached hydrogens (tertiary/aromatic N) is 2. The number of carbonyl (C=O) groups is 1. The van der Waals surface area contributed by atoms with Crippen molar-refractivity contribution >= 4 is 5.91 Å². The normalized spacial score (nSPS) is 16.6. The lowest BCUT2D eigenvalue weighted by Crippen LogP contribution is -2.43. The summed E-state index contributed by atoms with van der Waals surface area (Å²) in [4.78, 5) is 17.4. The average molecular weight is 237 g/mol. The van der Waals surface area contributed by atoms with Gasteiger partial charge in [-0.05, 0) is 24.8 Å². The second-order valence-corrected chi connectivity index (χ2v) is 4.45. The Bertz CT molecular complexity index is 420. The van der Waals surface area contributed by atoms with E-state index in [2.05, 4.69) is 4.98 Å². The van der Waals surface area contributed by atoms with E-state index >= 15 is 0 Å². The molecular formula is C12H16FN3O. The molecule has 1 fully saturated rings. The van der Waals surface area contributed by atoms with Crippen LogP contribution in [-0.4, -0.2) is 35.4 Å². The molecular weight excluding hydrogens is 221 g/mol. The van der Waals surface area contributed by atoms with E-state index < -0.39 is 5.82 Å². The zero-order valence-corrected chi connectivity index (χ0v) is 9.77. The second-order valence-electron chi connectivity index (χ2n) is 4.45. The first-order valence-electron chi connectivity index (χ1n) is 5.71. The van der Waals surface area contributed by atoms with E-state index in [-0.39, 0.29) is 17.5 Å². The highest BCUT2D eigenvalue weighted by atomic mass is 19.1. The molecule has 17 heavy (non-hydrogen) atoms. The molecule has 2 rings (SSSR count). The molecule has 4 nitrogen and oxygen atoms in total. The van der Waals surface area contributed by atoms with Crippen LogP contribution in [0.4, 0.5) is 4.39 Å². The highest BCUT2D eigenvalue weighted by molar-refractivity contribution is 5.94. The van der Waals surface area contributed by atoms with Crippen LogP contribution in [0.15, 0.2) is 18.5 Å². The lowest BCUT2D eigenvalue weighted by Gasteiger charge is -2.27. The van der Waals surface area contributed by atoms with Crippen molar-refractivity contribution in [3.05, 3.63) is 29.8 Å². The predicted molar refractivity (Wildman–Crippen MR) is 61.9 cm³/mol. The van der Waals surface area contributed by atoms with Crippen LogP contribution in [0.5, 0.6) is 0 Å². The molecule has 1 heterocycles. The van der Waals surface area contributed by atoms with Gasteiger partial charge in [-0.15, -0.1) is 0 Å². The topological polar surface area (TPSA) is 59.2 Å². The third-order valence-electron chi connectivity index (χ3n) is 3.18. The molecule has 1 aromatic rings. The van der Waals surface area contributed by atoms with Crippen molar-refractivity contribution in [3.8, 4) is 0 Å². The number of hydrogen-bond donors (Lipinski definition) is 1. The molecule has 5 heteroatoms. The second kappa shape index (κ2) is 4.79. The SMILES string of the molecule is CN(C(=O)c1cncc(F)c1)C(CN)C1CC1. The minimum atomic E-state index is -0.500. The molecule has 2 N–H and O–H groups in total. The van der Waals surface area contributed by atoms with Crippen molar-refractivity contribution < 1.29 is 9.18 Å². The van der Waals surface area contributed by atoms with Crippen molar-refractivity contribution in [2.45, 2.75) is 18.9 Å². The van der Waals surface area contributed by atoms with E-state index in [1.807, 2.05) is 0 Å². The Kier molecular flexibility index (Phi) is 3.38. The standard InChI is InChI=1S/C12H16FN3O/c1-16(11(5-14)8-2-3-8)12(17)9-4-10(13)7-15-6-9/h4,6-8,11H,2-3,5,14H2,1H3. The van der Waals surface area contributed by atoms with Gasteiger partial charge in [-0.1, -0.05) is 0 Å². The quantitative estimate of drug-likeness (QED) is 0.850. The van der Waals surface area contributed by atoms with Gasteiger partial charge in [0.05, 0.1) is 11.8 Å². The van der Waals surface area contributed by atoms with E-state index in [1.165, 1.54) is 12.3 Å². The third kappa shape index (κ3) is 2.61. The number of amides is 1. The maximum atomic E-state index is 13.0. The number of carbonyl (C=O) groups excluding carboxylic acids is 1. The number of nitrogens with two attached hydrogens (primary N) is 1. The van der Waals surface area contributed by atoms with Crippen LogP contribution in [0.2, 0.25) is 0 Å². The van der Waals surface area contributed by atoms with Crippen LogP contribution in [0.3, 0.4) is 0 Å². The lowest BCUT2D eigenvalue weighted by molar-refractivity contribution is 0.0717. The predicted octanol–water partition coefficient (Wildman–Crippen LogP) is 1.03. The Balaban J connectivity index is 2.13. The van der Waals surface area contributed by atoms with Crippen molar-refractivity contribution in [2.75, 3.05) is 13.6 Å². The lowest BCUT2D eigenvalue weighted by atomic mass is 10.1. The summed E-state index contributed by atoms with van der Waals surface area (Å²) in [6.45, 7) is 0.440. The molecule has 1 aromatic heterocycles. The highest BCUT2D eigenvalue weighted by Gasteiger charge is 2.35. The number of hydrogen-bond acceptors (Lipinski definition) is 3. The third-order valence-corrected chi connectivity index (χ3v) is 3.18. The van der Waals surface area contributed by atoms with Gasteiger partial charge in [0.2, 0.25) is 0 Å². The van der Waals surface area contributed by atoms with Gasteiger partial charge in [-0.3, -0.25) is 9.78 Å². The fraction of sp³-hybridized carbons (Fsp3) is 0.500. The zero-order valence-electron chi connectivity index (χ0n) is 9.77. The summed E-state index contributed by atoms with van der Waals surface area (Å²) >= 11 is 0. The van der Waals surface area contributed by atoms with Gasteiger partial charge < -0.3 is 10.6 Å². The number of rotatable bonds is 4. The molecule has 0 aromatic carbocycles. The van der Waals surface area contributed by atoms with E-state index in [4.69, 9.17) is 5.73 Å². The van der Waals surface area contributed by atoms with Gasteiger partial charge >= 0.3 is 0 Å². The molecule has 0 aliphatic heterocycles. The summed E-state index contributed by atoms with van der Waals surface area (Å²) in [5.41, 5.74) is 5.95. The van der Waals surface area contributed by atoms with E-state index in [1.54, 1.807) is 11.9 Å². The molecule has 1 atom stereocenters. The molecule has 0 bridgehead atoms. The Morgan fingerprint density at radius 2 is 2.35 bits per heavy atom. The van der Waals surface area contributed by atoms with Gasteiger partial charge in [0.15, 0.2) is 0 Å². The Morgan fingerprint density at radius 1 is 1.65 bits per heavy atom. The van der Waals surface area contributed by atoms with Gasteiger partial charge in [0, 0.05) is 25.8 Å². The minimum Gasteiger partial charge on any atom is -0.337 e. The molecule has 1 aliphatic rings. The number of aromatic nitrogens is 1. The average Bonchev–Trinajstić information content (AvgIpc) is 3.13. The molecule has 92 valence electrons. The highest BCUT2D eigenvalue weighted by Crippen LogP contribution is 2.34. The molecule has 0 radical (unpaired) electrons. The summed E-state index contributed by atoms with van der Waals surface area (Å²) in [7, 11) is 1.71. The van der Waals surface area contributed by atoms with Gasteiger partial charge in [-0.25, -0.2) is 4.39 Å². The maximum absolute atomic E-state index is 13.0. The largest absolute Gasteiger partial charge is 0.337 e. The summed E-state index contributed by atoms with van der Waals surface area (Å²) in [5.74, 6) is -0.227. The smallest absolute Gasteiger partial charge is 0.255 e. The molecule has 1 amide bonds. The molecule has 0 spiro atoms. The van der Waals surface area contributed by atoms with E-state index in [0.29, 0.717) is 12.5 Å². The fourth-order valence-corrected chi connectivity index (χ4v) is 2.03. The van der Waals surface area contributed by atoms with Crippen LogP contribution in [-0.2, 0) is 0 Å². The Hall–Kier alpha value is -1.49. The van der Waals surface area contributed by atoms with Crippen molar-refractivity contribution in [1.29, 1.82) is 0 Å². The van der Waals surface area contributed by atoms with Crippen molar-refractivity contribution in [3.63, 3.8) is 0 Å². The Morgan fingerprint density at radius 3 is 2.88 bits per heavy atom. The molecule has 1 saturated carbocycles.